The Balaban J connectivity index is 1.40. The van der Waals surface area contributed by atoms with Gasteiger partial charge in [-0.1, -0.05) is 0 Å². The van der Waals surface area contributed by atoms with E-state index in [1.54, 1.807) is 30.3 Å². The van der Waals surface area contributed by atoms with Crippen LogP contribution in [0, 0.1) is 5.92 Å². The summed E-state index contributed by atoms with van der Waals surface area (Å²) < 4.78 is 79.6. The molecule has 2 aromatic rings. The van der Waals surface area contributed by atoms with Crippen LogP contribution in [-0.4, -0.2) is 76.3 Å². The highest BCUT2D eigenvalue weighted by molar-refractivity contribution is 7.87. The molecule has 16 heteroatoms. The molecule has 12 nitrogen and oxygen atoms in total. The number of hydrogen-bond acceptors (Lipinski definition) is 8. The number of aliphatic hydroxyl groups is 1. The third-order valence-electron chi connectivity index (χ3n) is 7.64. The van der Waals surface area contributed by atoms with Crippen molar-refractivity contribution in [2.75, 3.05) is 25.5 Å². The Bertz CT molecular complexity index is 1360. The van der Waals surface area contributed by atoms with Gasteiger partial charge < -0.3 is 15.2 Å². The molecule has 1 saturated heterocycles. The SMILES string of the molecule is COC(=O)C1CCC(NS(=O)(=O)N2CCC(Nc3ncc(C(F)(F)F)c(-c4cn(CC(C)(C)O)[n+](C)c4)n3)CC2)CC1. The van der Waals surface area contributed by atoms with Gasteiger partial charge in [0.15, 0.2) is 7.05 Å². The van der Waals surface area contributed by atoms with Crippen molar-refractivity contribution in [1.82, 2.24) is 23.7 Å². The summed E-state index contributed by atoms with van der Waals surface area (Å²) >= 11 is 0. The van der Waals surface area contributed by atoms with Gasteiger partial charge in [-0.05, 0) is 52.4 Å². The van der Waals surface area contributed by atoms with Crippen LogP contribution in [-0.2, 0) is 39.5 Å². The van der Waals surface area contributed by atoms with Crippen molar-refractivity contribution < 1.29 is 40.9 Å². The lowest BCUT2D eigenvalue weighted by atomic mass is 9.86. The maximum absolute atomic E-state index is 13.9. The van der Waals surface area contributed by atoms with Gasteiger partial charge in [-0.2, -0.15) is 35.3 Å². The van der Waals surface area contributed by atoms with Crippen molar-refractivity contribution in [1.29, 1.82) is 0 Å². The highest BCUT2D eigenvalue weighted by Gasteiger charge is 2.37. The van der Waals surface area contributed by atoms with Gasteiger partial charge in [-0.15, -0.1) is 4.68 Å². The predicted octanol–water partition coefficient (Wildman–Crippen LogP) is 2.00. The van der Waals surface area contributed by atoms with Crippen molar-refractivity contribution in [3.8, 4) is 11.3 Å². The fourth-order valence-electron chi connectivity index (χ4n) is 5.44. The number of rotatable bonds is 9. The van der Waals surface area contributed by atoms with Crippen LogP contribution in [0.5, 0.6) is 0 Å². The van der Waals surface area contributed by atoms with E-state index in [1.807, 2.05) is 0 Å². The molecule has 234 valence electrons. The molecule has 1 aliphatic heterocycles. The van der Waals surface area contributed by atoms with E-state index < -0.39 is 27.6 Å². The number of anilines is 1. The lowest BCUT2D eigenvalue weighted by Gasteiger charge is -2.34. The number of carbonyl (C=O) groups excluding carboxylic acids is 1. The molecule has 3 heterocycles. The minimum absolute atomic E-state index is 0.0117. The van der Waals surface area contributed by atoms with Gasteiger partial charge >= 0.3 is 12.1 Å². The Morgan fingerprint density at radius 1 is 1.14 bits per heavy atom. The predicted molar refractivity (Wildman–Crippen MR) is 146 cm³/mol. The molecule has 42 heavy (non-hydrogen) atoms. The van der Waals surface area contributed by atoms with Gasteiger partial charge in [0, 0.05) is 31.4 Å². The van der Waals surface area contributed by atoms with E-state index in [0.29, 0.717) is 38.5 Å². The number of nitrogens with one attached hydrogen (secondary N) is 2. The van der Waals surface area contributed by atoms with Gasteiger partial charge in [-0.25, -0.2) is 9.97 Å². The molecule has 1 aliphatic carbocycles. The van der Waals surface area contributed by atoms with E-state index in [1.165, 1.54) is 23.8 Å². The molecule has 0 atom stereocenters. The van der Waals surface area contributed by atoms with Gasteiger partial charge in [0.05, 0.1) is 36.1 Å². The van der Waals surface area contributed by atoms with E-state index in [4.69, 9.17) is 4.74 Å². The average molecular weight is 619 g/mol. The average Bonchev–Trinajstić information content (AvgIpc) is 3.26. The summed E-state index contributed by atoms with van der Waals surface area (Å²) in [7, 11) is -0.738. The third-order valence-corrected chi connectivity index (χ3v) is 9.32. The Morgan fingerprint density at radius 3 is 2.36 bits per heavy atom. The number of halogens is 3. The molecule has 0 unspecified atom stereocenters. The molecule has 2 aromatic heterocycles. The zero-order chi connectivity index (χ0) is 30.9. The van der Waals surface area contributed by atoms with Crippen LogP contribution in [0.25, 0.3) is 11.3 Å². The first kappa shape index (κ1) is 32.1. The highest BCUT2D eigenvalue weighted by Crippen LogP contribution is 2.36. The van der Waals surface area contributed by atoms with Gasteiger partial charge in [-0.3, -0.25) is 4.79 Å². The second-order valence-electron chi connectivity index (χ2n) is 11.7. The van der Waals surface area contributed by atoms with Crippen LogP contribution < -0.4 is 14.7 Å². The number of aryl methyl sites for hydroxylation is 1. The van der Waals surface area contributed by atoms with Crippen LogP contribution in [0.4, 0.5) is 19.1 Å². The molecule has 2 aliphatic rings. The van der Waals surface area contributed by atoms with Crippen molar-refractivity contribution in [2.24, 2.45) is 13.0 Å². The smallest absolute Gasteiger partial charge is 0.420 e. The van der Waals surface area contributed by atoms with Crippen LogP contribution in [0.3, 0.4) is 0 Å². The fraction of sp³-hybridized carbons (Fsp3) is 0.692. The molecule has 0 radical (unpaired) electrons. The molecule has 4 rings (SSSR count). The molecule has 0 bridgehead atoms. The molecule has 0 amide bonds. The van der Waals surface area contributed by atoms with Crippen LogP contribution in [0.15, 0.2) is 18.6 Å². The minimum atomic E-state index is -4.68. The van der Waals surface area contributed by atoms with Crippen molar-refractivity contribution in [3.63, 3.8) is 0 Å². The number of nitrogens with zero attached hydrogens (tertiary/aromatic N) is 5. The molecule has 3 N–H and O–H groups in total. The summed E-state index contributed by atoms with van der Waals surface area (Å²) in [5.41, 5.74) is -2.15. The van der Waals surface area contributed by atoms with E-state index in [2.05, 4.69) is 20.0 Å². The Hall–Kier alpha value is -2.82. The quantitative estimate of drug-likeness (QED) is 0.286. The summed E-state index contributed by atoms with van der Waals surface area (Å²) in [6.45, 7) is 3.79. The lowest BCUT2D eigenvalue weighted by molar-refractivity contribution is -0.754. The minimum Gasteiger partial charge on any atom is -0.469 e. The molecular weight excluding hydrogens is 579 g/mol. The molecular formula is C26H39F3N7O5S+. The molecule has 1 saturated carbocycles. The number of ether oxygens (including phenoxy) is 1. The third kappa shape index (κ3) is 7.96. The fourth-order valence-corrected chi connectivity index (χ4v) is 6.93. The molecule has 0 spiro atoms. The monoisotopic (exact) mass is 618 g/mol. The van der Waals surface area contributed by atoms with Crippen molar-refractivity contribution in [2.45, 2.75) is 82.8 Å². The number of hydrogen-bond donors (Lipinski definition) is 3. The maximum atomic E-state index is 13.9. The number of alkyl halides is 3. The number of esters is 1. The normalized spacial score (nSPS) is 21.3. The van der Waals surface area contributed by atoms with Gasteiger partial charge in [0.2, 0.25) is 12.1 Å². The first-order chi connectivity index (χ1) is 19.6. The maximum Gasteiger partial charge on any atom is 0.420 e. The number of carbonyl (C=O) groups is 1. The first-order valence-corrected chi connectivity index (χ1v) is 15.3. The van der Waals surface area contributed by atoms with Crippen molar-refractivity contribution >= 4 is 22.1 Å². The van der Waals surface area contributed by atoms with Crippen LogP contribution in [0.1, 0.15) is 57.9 Å². The Labute approximate surface area is 243 Å². The summed E-state index contributed by atoms with van der Waals surface area (Å²) in [5, 5.41) is 13.2. The Kier molecular flexibility index (Phi) is 9.50. The second-order valence-corrected chi connectivity index (χ2v) is 13.4. The topological polar surface area (TPSA) is 143 Å². The van der Waals surface area contributed by atoms with Crippen LogP contribution >= 0.6 is 0 Å². The zero-order valence-corrected chi connectivity index (χ0v) is 25.0. The van der Waals surface area contributed by atoms with Gasteiger partial charge in [0.1, 0.15) is 12.1 Å². The zero-order valence-electron chi connectivity index (χ0n) is 24.2. The summed E-state index contributed by atoms with van der Waals surface area (Å²) in [6, 6.07) is -0.502. The Morgan fingerprint density at radius 2 is 1.79 bits per heavy atom. The summed E-state index contributed by atoms with van der Waals surface area (Å²) in [6.07, 6.45) is 2.09. The van der Waals surface area contributed by atoms with E-state index in [9.17, 15) is 31.5 Å². The highest BCUT2D eigenvalue weighted by atomic mass is 32.2. The van der Waals surface area contributed by atoms with E-state index in [-0.39, 0.29) is 60.8 Å². The van der Waals surface area contributed by atoms with E-state index >= 15 is 0 Å². The lowest BCUT2D eigenvalue weighted by Crippen LogP contribution is -2.50. The summed E-state index contributed by atoms with van der Waals surface area (Å²) in [5.74, 6) is -0.466. The number of aromatic nitrogens is 4. The first-order valence-electron chi connectivity index (χ1n) is 13.9. The molecule has 2 fully saturated rings. The standard InChI is InChI=1S/C26H39F3N7O5S/c1-25(2,38)16-35-15-18(14-34(35)3)22-21(26(27,28)29)13-30-24(32-22)31-19-9-11-36(12-10-19)42(39,40)33-20-7-5-17(6-8-20)23(37)41-4/h13-15,17,19-20,33,38H,5-12,16H2,1-4H3,(H,30,31,32)/q+1. The second kappa shape index (κ2) is 12.4. The van der Waals surface area contributed by atoms with Crippen LogP contribution in [0.2, 0.25) is 0 Å². The van der Waals surface area contributed by atoms with E-state index in [0.717, 1.165) is 6.20 Å². The van der Waals surface area contributed by atoms with Gasteiger partial charge in [0.25, 0.3) is 10.2 Å². The molecule has 0 aromatic carbocycles. The largest absolute Gasteiger partial charge is 0.469 e. The number of methoxy groups -OCH3 is 1. The summed E-state index contributed by atoms with van der Waals surface area (Å²) in [4.78, 5) is 19.9. The van der Waals surface area contributed by atoms with Crippen molar-refractivity contribution in [3.05, 3.63) is 24.2 Å². The number of piperidine rings is 1.